The fourth-order valence-electron chi connectivity index (χ4n) is 1.77. The third kappa shape index (κ3) is 3.10. The summed E-state index contributed by atoms with van der Waals surface area (Å²) in [7, 11) is 1.58. The molecular formula is C15H13IO2. The smallest absolute Gasteiger partial charge is 0.170 e. The Bertz CT molecular complexity index is 550. The van der Waals surface area contributed by atoms with Crippen LogP contribution in [0.15, 0.2) is 48.5 Å². The highest BCUT2D eigenvalue weighted by molar-refractivity contribution is 14.1. The third-order valence-electron chi connectivity index (χ3n) is 2.67. The first-order chi connectivity index (χ1) is 8.70. The van der Waals surface area contributed by atoms with Gasteiger partial charge in [-0.1, -0.05) is 30.3 Å². The maximum atomic E-state index is 12.3. The molecule has 3 heteroatoms. The van der Waals surface area contributed by atoms with Crippen LogP contribution < -0.4 is 4.74 Å². The number of ketones is 1. The molecule has 0 fully saturated rings. The normalized spacial score (nSPS) is 10.1. The van der Waals surface area contributed by atoms with Gasteiger partial charge in [0.05, 0.1) is 12.7 Å². The number of Topliss-reactive ketones (excluding diaryl/α,β-unsaturated/α-hetero) is 1. The summed E-state index contributed by atoms with van der Waals surface area (Å²) < 4.78 is 6.27. The largest absolute Gasteiger partial charge is 0.496 e. The first kappa shape index (κ1) is 13.1. The van der Waals surface area contributed by atoms with E-state index in [4.69, 9.17) is 4.74 Å². The van der Waals surface area contributed by atoms with Crippen LogP contribution in [0.5, 0.6) is 5.75 Å². The van der Waals surface area contributed by atoms with Crippen LogP contribution in [0, 0.1) is 3.57 Å². The topological polar surface area (TPSA) is 26.3 Å². The predicted molar refractivity (Wildman–Crippen MR) is 80.2 cm³/mol. The molecule has 0 aliphatic carbocycles. The van der Waals surface area contributed by atoms with Gasteiger partial charge in [-0.15, -0.1) is 0 Å². The van der Waals surface area contributed by atoms with Crippen molar-refractivity contribution in [1.82, 2.24) is 0 Å². The molecule has 2 nitrogen and oxygen atoms in total. The van der Waals surface area contributed by atoms with E-state index in [1.807, 2.05) is 48.5 Å². The average Bonchev–Trinajstić information content (AvgIpc) is 2.40. The van der Waals surface area contributed by atoms with E-state index in [2.05, 4.69) is 22.6 Å². The molecule has 0 spiro atoms. The van der Waals surface area contributed by atoms with E-state index in [0.29, 0.717) is 17.7 Å². The number of methoxy groups -OCH3 is 1. The van der Waals surface area contributed by atoms with Crippen LogP contribution in [-0.2, 0) is 6.42 Å². The Morgan fingerprint density at radius 2 is 1.89 bits per heavy atom. The van der Waals surface area contributed by atoms with Gasteiger partial charge in [0, 0.05) is 9.99 Å². The summed E-state index contributed by atoms with van der Waals surface area (Å²) >= 11 is 2.20. The second-order valence-electron chi connectivity index (χ2n) is 3.93. The van der Waals surface area contributed by atoms with Crippen LogP contribution in [0.2, 0.25) is 0 Å². The Morgan fingerprint density at radius 1 is 1.17 bits per heavy atom. The molecule has 2 aromatic rings. The standard InChI is InChI=1S/C15H13IO2/c1-18-15-8-7-12(16)10-13(15)14(17)9-11-5-3-2-4-6-11/h2-8,10H,9H2,1H3. The highest BCUT2D eigenvalue weighted by Gasteiger charge is 2.13. The van der Waals surface area contributed by atoms with E-state index in [0.717, 1.165) is 9.13 Å². The molecule has 0 N–H and O–H groups in total. The number of benzene rings is 2. The average molecular weight is 352 g/mol. The zero-order valence-electron chi connectivity index (χ0n) is 10.0. The van der Waals surface area contributed by atoms with Crippen molar-refractivity contribution in [1.29, 1.82) is 0 Å². The van der Waals surface area contributed by atoms with Crippen LogP contribution in [0.3, 0.4) is 0 Å². The minimum atomic E-state index is 0.0802. The lowest BCUT2D eigenvalue weighted by Gasteiger charge is -2.08. The second-order valence-corrected chi connectivity index (χ2v) is 5.18. The van der Waals surface area contributed by atoms with Gasteiger partial charge >= 0.3 is 0 Å². The van der Waals surface area contributed by atoms with E-state index in [9.17, 15) is 4.79 Å². The van der Waals surface area contributed by atoms with Crippen LogP contribution >= 0.6 is 22.6 Å². The van der Waals surface area contributed by atoms with Crippen LogP contribution in [0.1, 0.15) is 15.9 Å². The van der Waals surface area contributed by atoms with Gasteiger partial charge in [0.1, 0.15) is 5.75 Å². The molecule has 18 heavy (non-hydrogen) atoms. The van der Waals surface area contributed by atoms with E-state index in [1.165, 1.54) is 0 Å². The highest BCUT2D eigenvalue weighted by atomic mass is 127. The van der Waals surface area contributed by atoms with Crippen molar-refractivity contribution in [2.45, 2.75) is 6.42 Å². The van der Waals surface area contributed by atoms with Crippen LogP contribution in [0.25, 0.3) is 0 Å². The molecule has 0 saturated heterocycles. The molecule has 2 rings (SSSR count). The van der Waals surface area contributed by atoms with Crippen molar-refractivity contribution in [3.8, 4) is 5.75 Å². The van der Waals surface area contributed by atoms with Crippen molar-refractivity contribution in [3.05, 3.63) is 63.2 Å². The van der Waals surface area contributed by atoms with Gasteiger partial charge in [0.25, 0.3) is 0 Å². The van der Waals surface area contributed by atoms with Gasteiger partial charge < -0.3 is 4.74 Å². The van der Waals surface area contributed by atoms with Gasteiger partial charge in [-0.2, -0.15) is 0 Å². The Kier molecular flexibility index (Phi) is 4.36. The van der Waals surface area contributed by atoms with E-state index < -0.39 is 0 Å². The lowest BCUT2D eigenvalue weighted by Crippen LogP contribution is -2.06. The molecule has 0 saturated carbocycles. The van der Waals surface area contributed by atoms with Gasteiger partial charge in [0.15, 0.2) is 5.78 Å². The van der Waals surface area contributed by atoms with Gasteiger partial charge in [0.2, 0.25) is 0 Å². The molecule has 0 bridgehead atoms. The van der Waals surface area contributed by atoms with Gasteiger partial charge in [-0.25, -0.2) is 0 Å². The van der Waals surface area contributed by atoms with E-state index in [1.54, 1.807) is 7.11 Å². The summed E-state index contributed by atoms with van der Waals surface area (Å²) in [6, 6.07) is 15.4. The molecule has 0 aliphatic rings. The quantitative estimate of drug-likeness (QED) is 0.619. The number of carbonyl (C=O) groups excluding carboxylic acids is 1. The van der Waals surface area contributed by atoms with Gasteiger partial charge in [-0.3, -0.25) is 4.79 Å². The maximum Gasteiger partial charge on any atom is 0.170 e. The monoisotopic (exact) mass is 352 g/mol. The Hall–Kier alpha value is -1.36. The molecule has 0 amide bonds. The number of ether oxygens (including phenoxy) is 1. The van der Waals surface area contributed by atoms with Gasteiger partial charge in [-0.05, 0) is 46.4 Å². The molecule has 2 aromatic carbocycles. The van der Waals surface area contributed by atoms with Crippen LogP contribution in [0.4, 0.5) is 0 Å². The van der Waals surface area contributed by atoms with Crippen molar-refractivity contribution in [2.24, 2.45) is 0 Å². The van der Waals surface area contributed by atoms with Crippen LogP contribution in [-0.4, -0.2) is 12.9 Å². The highest BCUT2D eigenvalue weighted by Crippen LogP contribution is 2.22. The molecule has 0 aromatic heterocycles. The Morgan fingerprint density at radius 3 is 2.56 bits per heavy atom. The minimum absolute atomic E-state index is 0.0802. The van der Waals surface area contributed by atoms with Crippen molar-refractivity contribution < 1.29 is 9.53 Å². The maximum absolute atomic E-state index is 12.3. The molecular weight excluding hydrogens is 339 g/mol. The predicted octanol–water partition coefficient (Wildman–Crippen LogP) is 3.73. The Labute approximate surface area is 120 Å². The lowest BCUT2D eigenvalue weighted by atomic mass is 10.0. The molecule has 0 unspecified atom stereocenters. The SMILES string of the molecule is COc1ccc(I)cc1C(=O)Cc1ccccc1. The fraction of sp³-hybridized carbons (Fsp3) is 0.133. The van der Waals surface area contributed by atoms with E-state index >= 15 is 0 Å². The number of rotatable bonds is 4. The summed E-state index contributed by atoms with van der Waals surface area (Å²) in [6.07, 6.45) is 0.400. The molecule has 0 radical (unpaired) electrons. The third-order valence-corrected chi connectivity index (χ3v) is 3.34. The Balaban J connectivity index is 2.26. The summed E-state index contributed by atoms with van der Waals surface area (Å²) in [5.41, 5.74) is 1.66. The number of hydrogen-bond donors (Lipinski definition) is 0. The number of hydrogen-bond acceptors (Lipinski definition) is 2. The zero-order chi connectivity index (χ0) is 13.0. The summed E-state index contributed by atoms with van der Waals surface area (Å²) in [5.74, 6) is 0.716. The second kappa shape index (κ2) is 6.00. The molecule has 0 atom stereocenters. The number of carbonyl (C=O) groups is 1. The van der Waals surface area contributed by atoms with Crippen molar-refractivity contribution in [2.75, 3.05) is 7.11 Å². The summed E-state index contributed by atoms with van der Waals surface area (Å²) in [5, 5.41) is 0. The first-order valence-electron chi connectivity index (χ1n) is 5.61. The lowest BCUT2D eigenvalue weighted by molar-refractivity contribution is 0.0990. The molecule has 92 valence electrons. The van der Waals surface area contributed by atoms with E-state index in [-0.39, 0.29) is 5.78 Å². The van der Waals surface area contributed by atoms with Crippen molar-refractivity contribution in [3.63, 3.8) is 0 Å². The zero-order valence-corrected chi connectivity index (χ0v) is 12.2. The number of halogens is 1. The van der Waals surface area contributed by atoms with Crippen molar-refractivity contribution >= 4 is 28.4 Å². The summed E-state index contributed by atoms with van der Waals surface area (Å²) in [4.78, 5) is 12.3. The first-order valence-corrected chi connectivity index (χ1v) is 6.69. The minimum Gasteiger partial charge on any atom is -0.496 e. The molecule has 0 aliphatic heterocycles. The fourth-order valence-corrected chi connectivity index (χ4v) is 2.27. The molecule has 0 heterocycles. The summed E-state index contributed by atoms with van der Waals surface area (Å²) in [6.45, 7) is 0.